The lowest BCUT2D eigenvalue weighted by molar-refractivity contribution is 0.0939. The van der Waals surface area contributed by atoms with Gasteiger partial charge < -0.3 is 10.1 Å². The zero-order valence-electron chi connectivity index (χ0n) is 18.1. The van der Waals surface area contributed by atoms with Crippen molar-refractivity contribution in [3.8, 4) is 5.75 Å². The normalized spacial score (nSPS) is 12.1. The summed E-state index contributed by atoms with van der Waals surface area (Å²) >= 11 is 5.92. The zero-order chi connectivity index (χ0) is 23.3. The Morgan fingerprint density at radius 2 is 1.66 bits per heavy atom. The van der Waals surface area contributed by atoms with Crippen molar-refractivity contribution >= 4 is 33.2 Å². The van der Waals surface area contributed by atoms with Crippen LogP contribution in [0.5, 0.6) is 5.75 Å². The lowest BCUT2D eigenvalue weighted by Gasteiger charge is -2.23. The standard InChI is InChI=1S/C24H25ClN2O4S/c1-17(22-6-4-5-7-23(22)31-2)26-24(28)19-10-14-21(15-11-19)27(32(3,29)30)16-18-8-12-20(25)13-9-18/h4-15,17H,16H2,1-3H3,(H,26,28)/t17-/m1/s1. The third-order valence-corrected chi connectivity index (χ3v) is 6.40. The van der Waals surface area contributed by atoms with E-state index in [0.29, 0.717) is 22.0 Å². The van der Waals surface area contributed by atoms with E-state index in [4.69, 9.17) is 16.3 Å². The molecule has 0 saturated heterocycles. The van der Waals surface area contributed by atoms with Gasteiger partial charge in [-0.3, -0.25) is 9.10 Å². The van der Waals surface area contributed by atoms with Crippen molar-refractivity contribution < 1.29 is 17.9 Å². The van der Waals surface area contributed by atoms with Crippen molar-refractivity contribution in [3.63, 3.8) is 0 Å². The summed E-state index contributed by atoms with van der Waals surface area (Å²) in [6.45, 7) is 2.04. The number of hydrogen-bond donors (Lipinski definition) is 1. The maximum absolute atomic E-state index is 12.7. The van der Waals surface area contributed by atoms with Crippen molar-refractivity contribution in [2.75, 3.05) is 17.7 Å². The number of carbonyl (C=O) groups is 1. The van der Waals surface area contributed by atoms with E-state index in [2.05, 4.69) is 5.32 Å². The predicted octanol–water partition coefficient (Wildman–Crippen LogP) is 4.81. The van der Waals surface area contributed by atoms with E-state index >= 15 is 0 Å². The molecule has 3 aromatic rings. The number of amides is 1. The minimum atomic E-state index is -3.54. The summed E-state index contributed by atoms with van der Waals surface area (Å²) in [6, 6.07) is 20.7. The van der Waals surface area contributed by atoms with Gasteiger partial charge in [0.25, 0.3) is 5.91 Å². The molecule has 168 valence electrons. The van der Waals surface area contributed by atoms with Crippen molar-refractivity contribution in [3.05, 3.63) is 94.5 Å². The van der Waals surface area contributed by atoms with Crippen LogP contribution in [0.4, 0.5) is 5.69 Å². The van der Waals surface area contributed by atoms with Gasteiger partial charge in [0.15, 0.2) is 0 Å². The summed E-state index contributed by atoms with van der Waals surface area (Å²) in [5.74, 6) is 0.431. The second-order valence-corrected chi connectivity index (χ2v) is 9.72. The van der Waals surface area contributed by atoms with E-state index in [-0.39, 0.29) is 18.5 Å². The first-order chi connectivity index (χ1) is 15.2. The van der Waals surface area contributed by atoms with Crippen LogP contribution in [-0.2, 0) is 16.6 Å². The minimum Gasteiger partial charge on any atom is -0.496 e. The molecule has 3 aromatic carbocycles. The van der Waals surface area contributed by atoms with Gasteiger partial charge in [-0.2, -0.15) is 0 Å². The van der Waals surface area contributed by atoms with Crippen molar-refractivity contribution in [1.82, 2.24) is 5.32 Å². The van der Waals surface area contributed by atoms with Crippen LogP contribution in [0.1, 0.15) is 34.5 Å². The molecule has 0 bridgehead atoms. The summed E-state index contributed by atoms with van der Waals surface area (Å²) in [4.78, 5) is 12.7. The van der Waals surface area contributed by atoms with Gasteiger partial charge in [0.1, 0.15) is 5.75 Å². The Morgan fingerprint density at radius 3 is 2.25 bits per heavy atom. The highest BCUT2D eigenvalue weighted by Crippen LogP contribution is 2.25. The predicted molar refractivity (Wildman–Crippen MR) is 128 cm³/mol. The average Bonchev–Trinajstić information content (AvgIpc) is 2.78. The van der Waals surface area contributed by atoms with Crippen LogP contribution in [0.3, 0.4) is 0 Å². The molecule has 6 nitrogen and oxygen atoms in total. The number of para-hydroxylation sites is 1. The van der Waals surface area contributed by atoms with Crippen LogP contribution in [0.2, 0.25) is 5.02 Å². The highest BCUT2D eigenvalue weighted by atomic mass is 35.5. The first-order valence-electron chi connectivity index (χ1n) is 9.95. The molecule has 0 fully saturated rings. The monoisotopic (exact) mass is 472 g/mol. The van der Waals surface area contributed by atoms with Crippen LogP contribution in [0.25, 0.3) is 0 Å². The second-order valence-electron chi connectivity index (χ2n) is 7.38. The first-order valence-corrected chi connectivity index (χ1v) is 12.2. The lowest BCUT2D eigenvalue weighted by atomic mass is 10.1. The number of carbonyl (C=O) groups excluding carboxylic acids is 1. The molecule has 0 aliphatic rings. The van der Waals surface area contributed by atoms with Gasteiger partial charge in [-0.15, -0.1) is 0 Å². The number of hydrogen-bond acceptors (Lipinski definition) is 4. The molecule has 3 rings (SSSR count). The van der Waals surface area contributed by atoms with Gasteiger partial charge in [-0.1, -0.05) is 41.9 Å². The number of sulfonamides is 1. The number of ether oxygens (including phenoxy) is 1. The summed E-state index contributed by atoms with van der Waals surface area (Å²) in [6.07, 6.45) is 1.15. The maximum Gasteiger partial charge on any atom is 0.251 e. The number of halogens is 1. The first kappa shape index (κ1) is 23.6. The zero-order valence-corrected chi connectivity index (χ0v) is 19.7. The highest BCUT2D eigenvalue weighted by Gasteiger charge is 2.19. The molecule has 8 heteroatoms. The molecule has 0 aliphatic carbocycles. The van der Waals surface area contributed by atoms with Crippen LogP contribution in [0, 0.1) is 0 Å². The van der Waals surface area contributed by atoms with Crippen LogP contribution in [0.15, 0.2) is 72.8 Å². The van der Waals surface area contributed by atoms with Gasteiger partial charge in [-0.05, 0) is 55.0 Å². The third-order valence-electron chi connectivity index (χ3n) is 5.01. The molecule has 0 heterocycles. The number of nitrogens with zero attached hydrogens (tertiary/aromatic N) is 1. The van der Waals surface area contributed by atoms with Gasteiger partial charge >= 0.3 is 0 Å². The van der Waals surface area contributed by atoms with Gasteiger partial charge in [-0.25, -0.2) is 8.42 Å². The lowest BCUT2D eigenvalue weighted by Crippen LogP contribution is -2.29. The SMILES string of the molecule is COc1ccccc1[C@@H](C)NC(=O)c1ccc(N(Cc2ccc(Cl)cc2)S(C)(=O)=O)cc1. The van der Waals surface area contributed by atoms with Crippen molar-refractivity contribution in [2.24, 2.45) is 0 Å². The Hall–Kier alpha value is -3.03. The second kappa shape index (κ2) is 10.1. The number of nitrogens with one attached hydrogen (secondary N) is 1. The van der Waals surface area contributed by atoms with Gasteiger partial charge in [0.2, 0.25) is 10.0 Å². The largest absolute Gasteiger partial charge is 0.496 e. The fourth-order valence-corrected chi connectivity index (χ4v) is 4.33. The Labute approximate surface area is 193 Å². The maximum atomic E-state index is 12.7. The molecule has 0 aliphatic heterocycles. The summed E-state index contributed by atoms with van der Waals surface area (Å²) < 4.78 is 31.4. The molecule has 1 atom stereocenters. The minimum absolute atomic E-state index is 0.159. The van der Waals surface area contributed by atoms with E-state index in [9.17, 15) is 13.2 Å². The molecule has 0 radical (unpaired) electrons. The number of methoxy groups -OCH3 is 1. The fourth-order valence-electron chi connectivity index (χ4n) is 3.32. The van der Waals surface area contributed by atoms with E-state index in [1.54, 1.807) is 55.6 Å². The van der Waals surface area contributed by atoms with Crippen molar-refractivity contribution in [2.45, 2.75) is 19.5 Å². The molecular formula is C24H25ClN2O4S. The molecule has 0 spiro atoms. The van der Waals surface area contributed by atoms with Gasteiger partial charge in [0.05, 0.1) is 31.6 Å². The summed E-state index contributed by atoms with van der Waals surface area (Å²) in [5.41, 5.74) is 2.56. The molecule has 1 amide bonds. The Balaban J connectivity index is 1.77. The fraction of sp³-hybridized carbons (Fsp3) is 0.208. The van der Waals surface area contributed by atoms with Crippen LogP contribution in [-0.4, -0.2) is 27.7 Å². The summed E-state index contributed by atoms with van der Waals surface area (Å²) in [5, 5.41) is 3.53. The Morgan fingerprint density at radius 1 is 1.03 bits per heavy atom. The smallest absolute Gasteiger partial charge is 0.251 e. The molecule has 0 aromatic heterocycles. The van der Waals surface area contributed by atoms with Crippen LogP contribution >= 0.6 is 11.6 Å². The molecule has 1 N–H and O–H groups in total. The van der Waals surface area contributed by atoms with E-state index in [1.165, 1.54) is 4.31 Å². The van der Waals surface area contributed by atoms with E-state index in [1.807, 2.05) is 31.2 Å². The van der Waals surface area contributed by atoms with E-state index < -0.39 is 10.0 Å². The highest BCUT2D eigenvalue weighted by molar-refractivity contribution is 7.92. The molecule has 32 heavy (non-hydrogen) atoms. The van der Waals surface area contributed by atoms with Crippen molar-refractivity contribution in [1.29, 1.82) is 0 Å². The average molecular weight is 473 g/mol. The topological polar surface area (TPSA) is 75.7 Å². The number of benzene rings is 3. The molecule has 0 saturated carbocycles. The Bertz CT molecular complexity index is 1180. The Kier molecular flexibility index (Phi) is 7.43. The van der Waals surface area contributed by atoms with Gasteiger partial charge in [0, 0.05) is 16.1 Å². The molecule has 0 unspecified atom stereocenters. The van der Waals surface area contributed by atoms with E-state index in [0.717, 1.165) is 17.4 Å². The summed E-state index contributed by atoms with van der Waals surface area (Å²) in [7, 11) is -1.95. The number of anilines is 1. The number of rotatable bonds is 8. The van der Waals surface area contributed by atoms with Crippen LogP contribution < -0.4 is 14.4 Å². The molecular weight excluding hydrogens is 448 g/mol. The third kappa shape index (κ3) is 5.81. The quantitative estimate of drug-likeness (QED) is 0.510.